The molecule has 0 bridgehead atoms. The van der Waals surface area contributed by atoms with Gasteiger partial charge in [0.2, 0.25) is 0 Å². The van der Waals surface area contributed by atoms with E-state index in [1.807, 2.05) is 6.08 Å². The van der Waals surface area contributed by atoms with Gasteiger partial charge in [0.25, 0.3) is 0 Å². The molecule has 9 heavy (non-hydrogen) atoms. The number of rotatable bonds is 3. The normalized spacial score (nSPS) is 15.2. The first-order valence-electron chi connectivity index (χ1n) is 3.45. The number of hydrogen-bond acceptors (Lipinski definition) is 0. The van der Waals surface area contributed by atoms with Gasteiger partial charge in [0.05, 0.1) is 0 Å². The summed E-state index contributed by atoms with van der Waals surface area (Å²) >= 11 is 0. The highest BCUT2D eigenvalue weighted by Gasteiger charge is 2.02. The molecule has 0 heteroatoms. The van der Waals surface area contributed by atoms with Crippen molar-refractivity contribution >= 4 is 0 Å². The Morgan fingerprint density at radius 2 is 2.00 bits per heavy atom. The zero-order valence-electron chi connectivity index (χ0n) is 6.43. The van der Waals surface area contributed by atoms with Gasteiger partial charge in [0.15, 0.2) is 0 Å². The van der Waals surface area contributed by atoms with E-state index >= 15 is 0 Å². The van der Waals surface area contributed by atoms with Crippen LogP contribution in [-0.2, 0) is 0 Å². The van der Waals surface area contributed by atoms with Crippen LogP contribution in [0.25, 0.3) is 0 Å². The average molecular weight is 124 g/mol. The van der Waals surface area contributed by atoms with Gasteiger partial charge in [-0.1, -0.05) is 32.9 Å². The SMILES string of the molecule is [CH2]/C=C\CC(C)C([CH2])C. The largest absolute Gasteiger partial charge is 0.0883 e. The summed E-state index contributed by atoms with van der Waals surface area (Å²) in [4.78, 5) is 0. The van der Waals surface area contributed by atoms with Crippen molar-refractivity contribution in [3.05, 3.63) is 26.0 Å². The first-order chi connectivity index (χ1) is 4.18. The van der Waals surface area contributed by atoms with E-state index in [9.17, 15) is 0 Å². The molecule has 0 aromatic carbocycles. The van der Waals surface area contributed by atoms with Gasteiger partial charge in [0, 0.05) is 0 Å². The third kappa shape index (κ3) is 4.26. The second-order valence-electron chi connectivity index (χ2n) is 2.66. The van der Waals surface area contributed by atoms with Gasteiger partial charge < -0.3 is 0 Å². The minimum atomic E-state index is 0.543. The van der Waals surface area contributed by atoms with Crippen LogP contribution in [0.15, 0.2) is 12.2 Å². The molecule has 0 fully saturated rings. The quantitative estimate of drug-likeness (QED) is 0.542. The molecule has 2 radical (unpaired) electrons. The van der Waals surface area contributed by atoms with Crippen molar-refractivity contribution in [3.8, 4) is 0 Å². The second-order valence-corrected chi connectivity index (χ2v) is 2.66. The summed E-state index contributed by atoms with van der Waals surface area (Å²) in [6.07, 6.45) is 5.04. The lowest BCUT2D eigenvalue weighted by Gasteiger charge is -2.11. The Morgan fingerprint density at radius 3 is 2.33 bits per heavy atom. The van der Waals surface area contributed by atoms with Gasteiger partial charge in [-0.2, -0.15) is 0 Å². The molecule has 0 heterocycles. The molecule has 0 rings (SSSR count). The Kier molecular flexibility index (Phi) is 4.47. The molecular weight excluding hydrogens is 108 g/mol. The fourth-order valence-electron chi connectivity index (χ4n) is 0.543. The molecule has 52 valence electrons. The number of hydrogen-bond donors (Lipinski definition) is 0. The van der Waals surface area contributed by atoms with Crippen molar-refractivity contribution in [3.63, 3.8) is 0 Å². The van der Waals surface area contributed by atoms with Gasteiger partial charge in [-0.25, -0.2) is 0 Å². The van der Waals surface area contributed by atoms with Gasteiger partial charge in [0.1, 0.15) is 0 Å². The van der Waals surface area contributed by atoms with Crippen molar-refractivity contribution in [1.29, 1.82) is 0 Å². The van der Waals surface area contributed by atoms with Crippen molar-refractivity contribution in [2.24, 2.45) is 11.8 Å². The smallest absolute Gasteiger partial charge is 0.0316 e. The highest BCUT2D eigenvalue weighted by atomic mass is 14.1. The lowest BCUT2D eigenvalue weighted by molar-refractivity contribution is 0.462. The van der Waals surface area contributed by atoms with Crippen LogP contribution in [0.2, 0.25) is 0 Å². The molecule has 0 nitrogen and oxygen atoms in total. The van der Waals surface area contributed by atoms with Crippen molar-refractivity contribution in [2.45, 2.75) is 20.3 Å². The van der Waals surface area contributed by atoms with Crippen LogP contribution in [0.4, 0.5) is 0 Å². The molecule has 0 aliphatic rings. The highest BCUT2D eigenvalue weighted by Crippen LogP contribution is 2.13. The van der Waals surface area contributed by atoms with Crippen LogP contribution in [-0.4, -0.2) is 0 Å². The van der Waals surface area contributed by atoms with E-state index in [0.717, 1.165) is 6.42 Å². The van der Waals surface area contributed by atoms with Crippen LogP contribution >= 0.6 is 0 Å². The molecular formula is C9H16. The maximum absolute atomic E-state index is 3.94. The first-order valence-corrected chi connectivity index (χ1v) is 3.45. The molecule has 0 spiro atoms. The predicted molar refractivity (Wildman–Crippen MR) is 42.8 cm³/mol. The molecule has 0 saturated carbocycles. The lowest BCUT2D eigenvalue weighted by Crippen LogP contribution is -2.01. The standard InChI is InChI=1S/C9H16/c1-5-6-7-9(4)8(2)3/h5-6,8-9H,1-2,7H2,3-4H3/b6-5-. The summed E-state index contributed by atoms with van der Waals surface area (Å²) in [5.41, 5.74) is 0. The molecule has 0 aliphatic carbocycles. The third-order valence-corrected chi connectivity index (χ3v) is 1.65. The summed E-state index contributed by atoms with van der Waals surface area (Å²) in [5.74, 6) is 1.23. The molecule has 0 N–H and O–H groups in total. The summed E-state index contributed by atoms with van der Waals surface area (Å²) in [7, 11) is 0. The highest BCUT2D eigenvalue weighted by molar-refractivity contribution is 4.86. The summed E-state index contributed by atoms with van der Waals surface area (Å²) in [6.45, 7) is 11.9. The molecule has 0 amide bonds. The third-order valence-electron chi connectivity index (χ3n) is 1.65. The van der Waals surface area contributed by atoms with Gasteiger partial charge in [-0.3, -0.25) is 0 Å². The monoisotopic (exact) mass is 124 g/mol. The Morgan fingerprint density at radius 1 is 1.44 bits per heavy atom. The maximum Gasteiger partial charge on any atom is -0.0316 e. The zero-order valence-corrected chi connectivity index (χ0v) is 6.43. The fourth-order valence-corrected chi connectivity index (χ4v) is 0.543. The molecule has 0 aliphatic heterocycles. The lowest BCUT2D eigenvalue weighted by atomic mass is 9.95. The fraction of sp³-hybridized carbons (Fsp3) is 0.556. The minimum Gasteiger partial charge on any atom is -0.0883 e. The average Bonchev–Trinajstić information content (AvgIpc) is 1.82. The van der Waals surface area contributed by atoms with E-state index in [2.05, 4.69) is 33.8 Å². The van der Waals surface area contributed by atoms with E-state index in [4.69, 9.17) is 0 Å². The molecule has 0 aromatic heterocycles. The van der Waals surface area contributed by atoms with Crippen LogP contribution < -0.4 is 0 Å². The topological polar surface area (TPSA) is 0 Å². The van der Waals surface area contributed by atoms with E-state index in [1.165, 1.54) is 0 Å². The van der Waals surface area contributed by atoms with E-state index < -0.39 is 0 Å². The Labute approximate surface area is 59.0 Å². The molecule has 0 saturated heterocycles. The molecule has 0 aromatic rings. The predicted octanol–water partition coefficient (Wildman–Crippen LogP) is 2.87. The Hall–Kier alpha value is -0.260. The van der Waals surface area contributed by atoms with Crippen LogP contribution in [0.5, 0.6) is 0 Å². The van der Waals surface area contributed by atoms with Gasteiger partial charge in [-0.05, 0) is 25.2 Å². The Bertz CT molecular complexity index is 80.0. The molecule has 2 atom stereocenters. The van der Waals surface area contributed by atoms with E-state index in [0.29, 0.717) is 11.8 Å². The van der Waals surface area contributed by atoms with E-state index in [-0.39, 0.29) is 0 Å². The summed E-state index contributed by atoms with van der Waals surface area (Å²) in [6, 6.07) is 0. The van der Waals surface area contributed by atoms with Crippen molar-refractivity contribution < 1.29 is 0 Å². The van der Waals surface area contributed by atoms with Crippen LogP contribution in [0.3, 0.4) is 0 Å². The minimum absolute atomic E-state index is 0.543. The first kappa shape index (κ1) is 8.74. The number of allylic oxidation sites excluding steroid dienone is 2. The van der Waals surface area contributed by atoms with Gasteiger partial charge >= 0.3 is 0 Å². The van der Waals surface area contributed by atoms with E-state index in [1.54, 1.807) is 0 Å². The van der Waals surface area contributed by atoms with Gasteiger partial charge in [-0.15, -0.1) is 0 Å². The zero-order chi connectivity index (χ0) is 7.28. The Balaban J connectivity index is 3.38. The summed E-state index contributed by atoms with van der Waals surface area (Å²) < 4.78 is 0. The van der Waals surface area contributed by atoms with Crippen molar-refractivity contribution in [2.75, 3.05) is 0 Å². The van der Waals surface area contributed by atoms with Crippen molar-refractivity contribution in [1.82, 2.24) is 0 Å². The molecule has 2 unspecified atom stereocenters. The summed E-state index contributed by atoms with van der Waals surface area (Å²) in [5, 5.41) is 0. The van der Waals surface area contributed by atoms with Crippen LogP contribution in [0, 0.1) is 25.7 Å². The van der Waals surface area contributed by atoms with Crippen LogP contribution in [0.1, 0.15) is 20.3 Å². The second kappa shape index (κ2) is 4.60. The maximum atomic E-state index is 3.94.